The van der Waals surface area contributed by atoms with Crippen molar-refractivity contribution in [3.8, 4) is 5.75 Å². The monoisotopic (exact) mass is 377 g/mol. The van der Waals surface area contributed by atoms with Crippen molar-refractivity contribution >= 4 is 27.4 Å². The molecule has 0 bridgehead atoms. The predicted octanol–water partition coefficient (Wildman–Crippen LogP) is 3.15. The van der Waals surface area contributed by atoms with E-state index in [0.717, 1.165) is 18.2 Å². The number of carbonyl (C=O) groups is 1. The first-order valence-electron chi connectivity index (χ1n) is 7.17. The number of aliphatic hydroxyl groups is 1. The molecule has 1 amide bonds. The topological polar surface area (TPSA) is 149 Å². The van der Waals surface area contributed by atoms with Crippen molar-refractivity contribution in [3.63, 3.8) is 0 Å². The van der Waals surface area contributed by atoms with Crippen molar-refractivity contribution in [1.82, 2.24) is 0 Å². The minimum absolute atomic E-state index is 0.314. The summed E-state index contributed by atoms with van der Waals surface area (Å²) in [6.07, 6.45) is 0. The molecule has 4 N–H and O–H groups in total. The summed E-state index contributed by atoms with van der Waals surface area (Å²) in [6, 6.07) is 11.2. The molecule has 2 rings (SSSR count). The van der Waals surface area contributed by atoms with Gasteiger partial charge in [0.1, 0.15) is 17.2 Å². The molecule has 9 nitrogen and oxygen atoms in total. The van der Waals surface area contributed by atoms with Crippen LogP contribution in [0, 0.1) is 0 Å². The lowest BCUT2D eigenvalue weighted by atomic mass is 10.3. The number of amides is 1. The number of aromatic hydroxyl groups is 1. The van der Waals surface area contributed by atoms with E-state index < -0.39 is 38.1 Å². The maximum Gasteiger partial charge on any atom is 0.294 e. The Balaban J connectivity index is 2.31. The minimum atomic E-state index is -4.51. The number of hydrogen-bond acceptors (Lipinski definition) is 7. The summed E-state index contributed by atoms with van der Waals surface area (Å²) in [5.74, 6) is -1.63. The van der Waals surface area contributed by atoms with Gasteiger partial charge in [-0.2, -0.15) is 8.42 Å². The highest BCUT2D eigenvalue weighted by atomic mass is 32.2. The molecule has 0 atom stereocenters. The van der Waals surface area contributed by atoms with Crippen LogP contribution < -0.4 is 5.32 Å². The van der Waals surface area contributed by atoms with Gasteiger partial charge in [0.15, 0.2) is 5.70 Å². The first-order valence-corrected chi connectivity index (χ1v) is 8.61. The fourth-order valence-electron chi connectivity index (χ4n) is 1.84. The first kappa shape index (κ1) is 19.1. The lowest BCUT2D eigenvalue weighted by Crippen LogP contribution is -2.14. The molecule has 0 aliphatic carbocycles. The maximum absolute atomic E-state index is 12.2. The van der Waals surface area contributed by atoms with Crippen LogP contribution in [-0.4, -0.2) is 29.1 Å². The Morgan fingerprint density at radius 1 is 1.12 bits per heavy atom. The highest BCUT2D eigenvalue weighted by Gasteiger charge is 2.15. The standard InChI is InChI=1S/C16H15N3O6S/c1-10(20)15(16(22)17-11-5-3-2-4-6-11)19-18-13-9-12(26(23,24)25)7-8-14(13)21/h2-9,20-21H,1H3,(H,17,22)(H,23,24,25). The van der Waals surface area contributed by atoms with E-state index in [-0.39, 0.29) is 5.69 Å². The van der Waals surface area contributed by atoms with Gasteiger partial charge in [-0.1, -0.05) is 18.2 Å². The molecule has 0 saturated heterocycles. The molecule has 0 aliphatic heterocycles. The Kier molecular flexibility index (Phi) is 5.70. The van der Waals surface area contributed by atoms with Crippen LogP contribution in [0.4, 0.5) is 11.4 Å². The minimum Gasteiger partial charge on any atom is -0.510 e. The zero-order chi connectivity index (χ0) is 19.3. The number of benzene rings is 2. The zero-order valence-electron chi connectivity index (χ0n) is 13.5. The largest absolute Gasteiger partial charge is 0.510 e. The fourth-order valence-corrected chi connectivity index (χ4v) is 2.34. The third-order valence-electron chi connectivity index (χ3n) is 3.09. The van der Waals surface area contributed by atoms with Crippen molar-refractivity contribution in [2.75, 3.05) is 5.32 Å². The quantitative estimate of drug-likeness (QED) is 0.272. The summed E-state index contributed by atoms with van der Waals surface area (Å²) < 4.78 is 31.3. The van der Waals surface area contributed by atoms with E-state index in [1.807, 2.05) is 0 Å². The number of rotatable bonds is 5. The molecule has 10 heteroatoms. The van der Waals surface area contributed by atoms with Crippen molar-refractivity contribution < 1.29 is 28.0 Å². The molecule has 2 aromatic carbocycles. The normalized spacial score (nSPS) is 12.7. The van der Waals surface area contributed by atoms with E-state index in [1.165, 1.54) is 6.92 Å². The van der Waals surface area contributed by atoms with E-state index in [9.17, 15) is 23.4 Å². The fraction of sp³-hybridized carbons (Fsp3) is 0.0625. The van der Waals surface area contributed by atoms with Crippen LogP contribution in [0.15, 0.2) is 75.1 Å². The summed E-state index contributed by atoms with van der Waals surface area (Å²) in [7, 11) is -4.51. The van der Waals surface area contributed by atoms with E-state index in [0.29, 0.717) is 5.69 Å². The van der Waals surface area contributed by atoms with Gasteiger partial charge in [0.05, 0.1) is 4.90 Å². The molecule has 0 saturated carbocycles. The Labute approximate surface area is 149 Å². The Bertz CT molecular complexity index is 980. The lowest BCUT2D eigenvalue weighted by molar-refractivity contribution is -0.113. The second-order valence-corrected chi connectivity index (χ2v) is 6.50. The molecule has 0 heterocycles. The second-order valence-electron chi connectivity index (χ2n) is 5.08. The molecule has 26 heavy (non-hydrogen) atoms. The first-order chi connectivity index (χ1) is 12.2. The average Bonchev–Trinajstić information content (AvgIpc) is 2.56. The van der Waals surface area contributed by atoms with E-state index in [4.69, 9.17) is 4.55 Å². The number of nitrogens with zero attached hydrogens (tertiary/aromatic N) is 2. The summed E-state index contributed by atoms with van der Waals surface area (Å²) in [5, 5.41) is 29.0. The number of carbonyl (C=O) groups excluding carboxylic acids is 1. The zero-order valence-corrected chi connectivity index (χ0v) is 14.3. The Morgan fingerprint density at radius 2 is 1.77 bits per heavy atom. The predicted molar refractivity (Wildman–Crippen MR) is 92.8 cm³/mol. The molecule has 0 spiro atoms. The Hall–Kier alpha value is -3.24. The van der Waals surface area contributed by atoms with Gasteiger partial charge in [-0.3, -0.25) is 9.35 Å². The average molecular weight is 377 g/mol. The van der Waals surface area contributed by atoms with Crippen molar-refractivity contribution in [2.45, 2.75) is 11.8 Å². The van der Waals surface area contributed by atoms with Gasteiger partial charge >= 0.3 is 0 Å². The van der Waals surface area contributed by atoms with Crippen molar-refractivity contribution in [3.05, 3.63) is 60.0 Å². The molecule has 0 radical (unpaired) electrons. The van der Waals surface area contributed by atoms with E-state index in [2.05, 4.69) is 15.5 Å². The molecular weight excluding hydrogens is 362 g/mol. The number of para-hydroxylation sites is 1. The number of nitrogens with one attached hydrogen (secondary N) is 1. The van der Waals surface area contributed by atoms with Crippen LogP contribution >= 0.6 is 0 Å². The van der Waals surface area contributed by atoms with Crippen LogP contribution in [0.3, 0.4) is 0 Å². The van der Waals surface area contributed by atoms with Gasteiger partial charge in [-0.25, -0.2) is 0 Å². The van der Waals surface area contributed by atoms with Crippen molar-refractivity contribution in [1.29, 1.82) is 0 Å². The highest BCUT2D eigenvalue weighted by Crippen LogP contribution is 2.30. The number of hydrogen-bond donors (Lipinski definition) is 4. The summed E-state index contributed by atoms with van der Waals surface area (Å²) in [5.41, 5.74) is -0.292. The number of azo groups is 1. The van der Waals surface area contributed by atoms with Crippen LogP contribution in [0.25, 0.3) is 0 Å². The van der Waals surface area contributed by atoms with Crippen LogP contribution in [0.1, 0.15) is 6.92 Å². The molecule has 2 aromatic rings. The van der Waals surface area contributed by atoms with E-state index in [1.54, 1.807) is 30.3 Å². The van der Waals surface area contributed by atoms with Gasteiger partial charge in [-0.05, 0) is 37.3 Å². The van der Waals surface area contributed by atoms with Crippen LogP contribution in [0.2, 0.25) is 0 Å². The molecule has 136 valence electrons. The van der Waals surface area contributed by atoms with Gasteiger partial charge in [0.2, 0.25) is 0 Å². The highest BCUT2D eigenvalue weighted by molar-refractivity contribution is 7.85. The third kappa shape index (κ3) is 4.88. The molecular formula is C16H15N3O6S. The van der Waals surface area contributed by atoms with Crippen molar-refractivity contribution in [2.24, 2.45) is 10.2 Å². The SMILES string of the molecule is CC(O)=C(N=Nc1cc(S(=O)(=O)O)ccc1O)C(=O)Nc1ccccc1. The number of anilines is 1. The second kappa shape index (κ2) is 7.76. The lowest BCUT2D eigenvalue weighted by Gasteiger charge is -2.06. The van der Waals surface area contributed by atoms with Gasteiger partial charge in [0.25, 0.3) is 16.0 Å². The Morgan fingerprint density at radius 3 is 2.35 bits per heavy atom. The molecule has 0 aliphatic rings. The molecule has 0 fully saturated rings. The molecule has 0 unspecified atom stereocenters. The van der Waals surface area contributed by atoms with Gasteiger partial charge in [-0.15, -0.1) is 10.2 Å². The molecule has 0 aromatic heterocycles. The van der Waals surface area contributed by atoms with Crippen LogP contribution in [-0.2, 0) is 14.9 Å². The number of phenols is 1. The summed E-state index contributed by atoms with van der Waals surface area (Å²) >= 11 is 0. The maximum atomic E-state index is 12.2. The van der Waals surface area contributed by atoms with E-state index >= 15 is 0 Å². The number of allylic oxidation sites excluding steroid dienone is 1. The third-order valence-corrected chi connectivity index (χ3v) is 3.94. The van der Waals surface area contributed by atoms with Gasteiger partial charge in [0, 0.05) is 5.69 Å². The van der Waals surface area contributed by atoms with Gasteiger partial charge < -0.3 is 15.5 Å². The number of phenolic OH excluding ortho intramolecular Hbond substituents is 1. The number of aliphatic hydroxyl groups excluding tert-OH is 1. The summed E-state index contributed by atoms with van der Waals surface area (Å²) in [6.45, 7) is 1.22. The smallest absolute Gasteiger partial charge is 0.294 e. The summed E-state index contributed by atoms with van der Waals surface area (Å²) in [4.78, 5) is 11.7. The van der Waals surface area contributed by atoms with Crippen LogP contribution in [0.5, 0.6) is 5.75 Å².